The molecule has 0 spiro atoms. The number of aliphatic hydroxyl groups excluding tert-OH is 1. The molecule has 1 aliphatic rings. The Morgan fingerprint density at radius 1 is 1.50 bits per heavy atom. The molecule has 1 N–H and O–H groups in total. The molecule has 2 aromatic heterocycles. The number of nitrogens with zero attached hydrogens (tertiary/aromatic N) is 5. The topological polar surface area (TPSA) is 114 Å². The molecular formula is C12H17N5O4S. The van der Waals surface area contributed by atoms with Crippen molar-refractivity contribution in [1.29, 1.82) is 0 Å². The zero-order chi connectivity index (χ0) is 15.7. The lowest BCUT2D eigenvalue weighted by molar-refractivity contribution is 0.222. The third kappa shape index (κ3) is 2.53. The molecule has 0 amide bonds. The Hall–Kier alpha value is -1.78. The Bertz CT molecular complexity index is 753. The van der Waals surface area contributed by atoms with E-state index in [9.17, 15) is 8.42 Å². The first-order valence-corrected chi connectivity index (χ1v) is 8.48. The maximum absolute atomic E-state index is 12.8. The fourth-order valence-corrected chi connectivity index (χ4v) is 4.15. The molecule has 9 nitrogen and oxygen atoms in total. The first kappa shape index (κ1) is 15.1. The van der Waals surface area contributed by atoms with Crippen LogP contribution in [0.1, 0.15) is 37.5 Å². The van der Waals surface area contributed by atoms with Crippen molar-refractivity contribution in [1.82, 2.24) is 24.2 Å². The van der Waals surface area contributed by atoms with Gasteiger partial charge in [0.2, 0.25) is 10.0 Å². The Balaban J connectivity index is 1.91. The second kappa shape index (κ2) is 5.78. The van der Waals surface area contributed by atoms with Crippen molar-refractivity contribution in [3.8, 4) is 0 Å². The maximum Gasteiger partial charge on any atom is 0.252 e. The molecule has 0 radical (unpaired) electrons. The van der Waals surface area contributed by atoms with Crippen molar-refractivity contribution in [2.75, 3.05) is 6.54 Å². The number of sulfonamides is 1. The lowest BCUT2D eigenvalue weighted by Crippen LogP contribution is -2.31. The zero-order valence-corrected chi connectivity index (χ0v) is 12.9. The summed E-state index contributed by atoms with van der Waals surface area (Å²) in [6, 6.07) is -0.473. The van der Waals surface area contributed by atoms with Crippen LogP contribution in [0.3, 0.4) is 0 Å². The summed E-state index contributed by atoms with van der Waals surface area (Å²) in [5.41, 5.74) is 0. The van der Waals surface area contributed by atoms with E-state index in [0.717, 1.165) is 6.42 Å². The number of aromatic nitrogens is 4. The first-order valence-electron chi connectivity index (χ1n) is 7.04. The number of hydrogen-bond acceptors (Lipinski definition) is 7. The van der Waals surface area contributed by atoms with Gasteiger partial charge in [0.15, 0.2) is 5.82 Å². The van der Waals surface area contributed by atoms with Gasteiger partial charge in [0.25, 0.3) is 5.89 Å². The summed E-state index contributed by atoms with van der Waals surface area (Å²) in [4.78, 5) is 4.19. The van der Waals surface area contributed by atoms with Crippen LogP contribution < -0.4 is 0 Å². The minimum absolute atomic E-state index is 0.0815. The van der Waals surface area contributed by atoms with E-state index < -0.39 is 16.1 Å². The van der Waals surface area contributed by atoms with Crippen LogP contribution in [-0.2, 0) is 23.2 Å². The lowest BCUT2D eigenvalue weighted by atomic mass is 10.2. The largest absolute Gasteiger partial charge is 0.387 e. The molecular weight excluding hydrogens is 310 g/mol. The van der Waals surface area contributed by atoms with E-state index in [1.807, 2.05) is 6.92 Å². The van der Waals surface area contributed by atoms with Gasteiger partial charge < -0.3 is 9.63 Å². The summed E-state index contributed by atoms with van der Waals surface area (Å²) in [5.74, 6) is 0.367. The fourth-order valence-electron chi connectivity index (χ4n) is 2.54. The van der Waals surface area contributed by atoms with Gasteiger partial charge in [-0.3, -0.25) is 4.68 Å². The van der Waals surface area contributed by atoms with Gasteiger partial charge in [0, 0.05) is 19.3 Å². The Morgan fingerprint density at radius 2 is 2.32 bits per heavy atom. The van der Waals surface area contributed by atoms with E-state index >= 15 is 0 Å². The van der Waals surface area contributed by atoms with Crippen molar-refractivity contribution >= 4 is 10.0 Å². The molecule has 120 valence electrons. The molecule has 0 bridgehead atoms. The van der Waals surface area contributed by atoms with Gasteiger partial charge in [-0.05, 0) is 19.8 Å². The number of aliphatic hydroxyl groups is 1. The quantitative estimate of drug-likeness (QED) is 0.840. The average molecular weight is 327 g/mol. The number of hydrogen-bond donors (Lipinski definition) is 1. The van der Waals surface area contributed by atoms with E-state index in [-0.39, 0.29) is 23.2 Å². The number of aryl methyl sites for hydroxylation is 1. The summed E-state index contributed by atoms with van der Waals surface area (Å²) in [7, 11) is -3.66. The van der Waals surface area contributed by atoms with Crippen LogP contribution in [0.2, 0.25) is 0 Å². The predicted molar refractivity (Wildman–Crippen MR) is 74.0 cm³/mol. The molecule has 2 aromatic rings. The van der Waals surface area contributed by atoms with Gasteiger partial charge >= 0.3 is 0 Å². The van der Waals surface area contributed by atoms with E-state index in [2.05, 4.69) is 15.2 Å². The van der Waals surface area contributed by atoms with Crippen LogP contribution in [0.25, 0.3) is 0 Å². The monoisotopic (exact) mass is 327 g/mol. The van der Waals surface area contributed by atoms with Crippen LogP contribution in [0.5, 0.6) is 0 Å². The van der Waals surface area contributed by atoms with Crippen LogP contribution in [0.15, 0.2) is 21.8 Å². The molecule has 1 fully saturated rings. The molecule has 3 heterocycles. The lowest BCUT2D eigenvalue weighted by Gasteiger charge is -2.20. The maximum atomic E-state index is 12.8. The van der Waals surface area contributed by atoms with Gasteiger partial charge in [-0.15, -0.1) is 0 Å². The van der Waals surface area contributed by atoms with E-state index in [4.69, 9.17) is 9.63 Å². The molecule has 0 saturated carbocycles. The van der Waals surface area contributed by atoms with E-state index in [1.54, 1.807) is 4.68 Å². The van der Waals surface area contributed by atoms with Gasteiger partial charge in [0.05, 0.1) is 12.2 Å². The smallest absolute Gasteiger partial charge is 0.252 e. The Kier molecular flexibility index (Phi) is 3.98. The minimum atomic E-state index is -3.66. The second-order valence-electron chi connectivity index (χ2n) is 5.01. The standard InChI is InChI=1S/C12H17N5O4S/c1-2-16-7-9(6-13-16)22(19,20)17-5-3-4-10(17)12-14-11(8-18)21-15-12/h6-7,10,18H,2-5,8H2,1H3. The highest BCUT2D eigenvalue weighted by Crippen LogP contribution is 2.35. The molecule has 1 aliphatic heterocycles. The molecule has 10 heteroatoms. The highest BCUT2D eigenvalue weighted by Gasteiger charge is 2.39. The summed E-state index contributed by atoms with van der Waals surface area (Å²) in [6.07, 6.45) is 4.20. The van der Waals surface area contributed by atoms with Gasteiger partial charge in [-0.1, -0.05) is 5.16 Å². The van der Waals surface area contributed by atoms with Crippen molar-refractivity contribution in [3.63, 3.8) is 0 Å². The third-order valence-corrected chi connectivity index (χ3v) is 5.52. The molecule has 22 heavy (non-hydrogen) atoms. The van der Waals surface area contributed by atoms with Gasteiger partial charge in [-0.2, -0.15) is 14.4 Å². The number of rotatable bonds is 5. The minimum Gasteiger partial charge on any atom is -0.387 e. The summed E-state index contributed by atoms with van der Waals surface area (Å²) in [6.45, 7) is 2.52. The fraction of sp³-hybridized carbons (Fsp3) is 0.583. The molecule has 1 saturated heterocycles. The SMILES string of the molecule is CCn1cc(S(=O)(=O)N2CCCC2c2noc(CO)n2)cn1. The summed E-state index contributed by atoms with van der Waals surface area (Å²) < 4.78 is 33.3. The second-order valence-corrected chi connectivity index (χ2v) is 6.90. The van der Waals surface area contributed by atoms with Crippen molar-refractivity contribution in [2.45, 2.75) is 43.9 Å². The van der Waals surface area contributed by atoms with E-state index in [0.29, 0.717) is 19.5 Å². The van der Waals surface area contributed by atoms with Crippen molar-refractivity contribution in [3.05, 3.63) is 24.1 Å². The zero-order valence-electron chi connectivity index (χ0n) is 12.1. The molecule has 0 aromatic carbocycles. The Morgan fingerprint density at radius 3 is 2.95 bits per heavy atom. The normalized spacial score (nSPS) is 19.8. The van der Waals surface area contributed by atoms with Crippen LogP contribution in [-0.4, -0.2) is 44.3 Å². The van der Waals surface area contributed by atoms with Crippen LogP contribution >= 0.6 is 0 Å². The van der Waals surface area contributed by atoms with Crippen LogP contribution in [0.4, 0.5) is 0 Å². The highest BCUT2D eigenvalue weighted by molar-refractivity contribution is 7.89. The van der Waals surface area contributed by atoms with E-state index in [1.165, 1.54) is 16.7 Å². The summed E-state index contributed by atoms with van der Waals surface area (Å²) in [5, 5.41) is 16.8. The molecule has 1 unspecified atom stereocenters. The first-order chi connectivity index (χ1) is 10.6. The highest BCUT2D eigenvalue weighted by atomic mass is 32.2. The average Bonchev–Trinajstić information content (AvgIpc) is 3.24. The Labute approximate surface area is 127 Å². The van der Waals surface area contributed by atoms with Crippen molar-refractivity contribution in [2.24, 2.45) is 0 Å². The van der Waals surface area contributed by atoms with Gasteiger partial charge in [0.1, 0.15) is 11.5 Å². The molecule has 0 aliphatic carbocycles. The molecule has 3 rings (SSSR count). The van der Waals surface area contributed by atoms with Crippen molar-refractivity contribution < 1.29 is 18.0 Å². The summed E-state index contributed by atoms with van der Waals surface area (Å²) >= 11 is 0. The predicted octanol–water partition coefficient (Wildman–Crippen LogP) is 0.304. The van der Waals surface area contributed by atoms with Crippen LogP contribution in [0, 0.1) is 0 Å². The third-order valence-electron chi connectivity index (χ3n) is 3.66. The molecule has 1 atom stereocenters. The van der Waals surface area contributed by atoms with Gasteiger partial charge in [-0.25, -0.2) is 8.42 Å².